The average molecular weight is 227 g/mol. The molecule has 0 spiro atoms. The summed E-state index contributed by atoms with van der Waals surface area (Å²) in [5.74, 6) is 0.677. The lowest BCUT2D eigenvalue weighted by Crippen LogP contribution is -2.60. The fraction of sp³-hybridized carbons (Fsp3) is 1.00. The van der Waals surface area contributed by atoms with Crippen molar-refractivity contribution in [2.45, 2.75) is 80.8 Å². The first-order valence-electron chi connectivity index (χ1n) is 6.64. The third-order valence-corrected chi connectivity index (χ3v) is 5.27. The van der Waals surface area contributed by atoms with Gasteiger partial charge in [0.1, 0.15) is 0 Å². The lowest BCUT2D eigenvalue weighted by Gasteiger charge is -2.55. The predicted molar refractivity (Wildman–Crippen MR) is 74.8 cm³/mol. The van der Waals surface area contributed by atoms with Crippen LogP contribution < -0.4 is 5.32 Å². The number of rotatable bonds is 5. The normalized spacial score (nSPS) is 15.0. The van der Waals surface area contributed by atoms with E-state index >= 15 is 0 Å². The molecule has 0 aromatic carbocycles. The molecule has 0 saturated heterocycles. The molecule has 0 aromatic rings. The van der Waals surface area contributed by atoms with Gasteiger partial charge >= 0.3 is 0 Å². The summed E-state index contributed by atoms with van der Waals surface area (Å²) in [5.41, 5.74) is 0.672. The molecule has 0 heterocycles. The van der Waals surface area contributed by atoms with Crippen LogP contribution in [-0.4, -0.2) is 11.6 Å². The van der Waals surface area contributed by atoms with Gasteiger partial charge in [0.2, 0.25) is 0 Å². The molecule has 0 rings (SSSR count). The van der Waals surface area contributed by atoms with Crippen LogP contribution >= 0.6 is 0 Å². The van der Waals surface area contributed by atoms with Gasteiger partial charge in [0.05, 0.1) is 0 Å². The Morgan fingerprint density at radius 1 is 0.750 bits per heavy atom. The van der Waals surface area contributed by atoms with E-state index in [1.54, 1.807) is 0 Å². The largest absolute Gasteiger partial charge is 0.309 e. The maximum Gasteiger partial charge on any atom is 0.0183 e. The summed E-state index contributed by atoms with van der Waals surface area (Å²) >= 11 is 0. The molecular formula is C15H33N. The highest BCUT2D eigenvalue weighted by atomic mass is 15.0. The van der Waals surface area contributed by atoms with Crippen molar-refractivity contribution in [3.63, 3.8) is 0 Å². The van der Waals surface area contributed by atoms with Crippen molar-refractivity contribution in [3.05, 3.63) is 0 Å². The fourth-order valence-electron chi connectivity index (χ4n) is 2.43. The lowest BCUT2D eigenvalue weighted by atomic mass is 9.54. The molecule has 98 valence electrons. The van der Waals surface area contributed by atoms with E-state index in [1.165, 1.54) is 0 Å². The summed E-state index contributed by atoms with van der Waals surface area (Å²) in [4.78, 5) is 0. The molecule has 0 atom stereocenters. The second-order valence-electron chi connectivity index (χ2n) is 7.43. The molecule has 1 heteroatoms. The van der Waals surface area contributed by atoms with E-state index in [9.17, 15) is 0 Å². The molecule has 0 aliphatic carbocycles. The summed E-state index contributed by atoms with van der Waals surface area (Å²) in [6, 6.07) is 0.525. The molecule has 16 heavy (non-hydrogen) atoms. The van der Waals surface area contributed by atoms with Crippen LogP contribution in [0.3, 0.4) is 0 Å². The molecule has 0 bridgehead atoms. The zero-order valence-electron chi connectivity index (χ0n) is 13.2. The molecule has 0 saturated carbocycles. The minimum Gasteiger partial charge on any atom is -0.309 e. The van der Waals surface area contributed by atoms with E-state index in [0.717, 1.165) is 0 Å². The standard InChI is InChI=1S/C15H33N/c1-11(2)13(5,6)14(7,8)15(9,10)16-12(3)4/h11-12,16H,1-10H3. The predicted octanol–water partition coefficient (Wildman–Crippen LogP) is 4.47. The Bertz CT molecular complexity index is 222. The molecule has 0 fully saturated rings. The van der Waals surface area contributed by atoms with Gasteiger partial charge in [-0.2, -0.15) is 0 Å². The molecule has 0 radical (unpaired) electrons. The zero-order valence-corrected chi connectivity index (χ0v) is 13.2. The maximum absolute atomic E-state index is 3.72. The van der Waals surface area contributed by atoms with Crippen molar-refractivity contribution >= 4 is 0 Å². The zero-order chi connectivity index (χ0) is 13.4. The van der Waals surface area contributed by atoms with Crippen molar-refractivity contribution < 1.29 is 0 Å². The molecule has 1 N–H and O–H groups in total. The fourth-order valence-corrected chi connectivity index (χ4v) is 2.43. The summed E-state index contributed by atoms with van der Waals surface area (Å²) in [6.45, 7) is 23.3. The van der Waals surface area contributed by atoms with Gasteiger partial charge in [0, 0.05) is 11.6 Å². The van der Waals surface area contributed by atoms with Crippen LogP contribution in [0.15, 0.2) is 0 Å². The Morgan fingerprint density at radius 2 is 1.12 bits per heavy atom. The lowest BCUT2D eigenvalue weighted by molar-refractivity contribution is -0.0232. The van der Waals surface area contributed by atoms with Gasteiger partial charge in [-0.3, -0.25) is 0 Å². The average Bonchev–Trinajstić information content (AvgIpc) is 2.00. The monoisotopic (exact) mass is 227 g/mol. The molecule has 1 nitrogen and oxygen atoms in total. The highest BCUT2D eigenvalue weighted by molar-refractivity contribution is 5.02. The van der Waals surface area contributed by atoms with Crippen molar-refractivity contribution in [1.29, 1.82) is 0 Å². The van der Waals surface area contributed by atoms with Crippen molar-refractivity contribution in [1.82, 2.24) is 5.32 Å². The Morgan fingerprint density at radius 3 is 1.38 bits per heavy atom. The summed E-state index contributed by atoms with van der Waals surface area (Å²) in [7, 11) is 0. The third kappa shape index (κ3) is 2.80. The first-order valence-corrected chi connectivity index (χ1v) is 6.64. The van der Waals surface area contributed by atoms with Crippen LogP contribution in [0.5, 0.6) is 0 Å². The van der Waals surface area contributed by atoms with E-state index in [2.05, 4.69) is 74.6 Å². The van der Waals surface area contributed by atoms with Crippen LogP contribution in [0, 0.1) is 16.7 Å². The van der Waals surface area contributed by atoms with E-state index in [1.807, 2.05) is 0 Å². The molecule has 0 aliphatic heterocycles. The van der Waals surface area contributed by atoms with Gasteiger partial charge in [-0.25, -0.2) is 0 Å². The molecular weight excluding hydrogens is 194 g/mol. The Balaban J connectivity index is 5.17. The molecule has 0 aromatic heterocycles. The van der Waals surface area contributed by atoms with E-state index < -0.39 is 0 Å². The van der Waals surface area contributed by atoms with Crippen LogP contribution in [0.2, 0.25) is 0 Å². The summed E-state index contributed by atoms with van der Waals surface area (Å²) in [6.07, 6.45) is 0. The second-order valence-corrected chi connectivity index (χ2v) is 7.43. The van der Waals surface area contributed by atoms with E-state index in [4.69, 9.17) is 0 Å². The minimum absolute atomic E-state index is 0.134. The van der Waals surface area contributed by atoms with Crippen LogP contribution in [0.4, 0.5) is 0 Å². The third-order valence-electron chi connectivity index (χ3n) is 5.27. The molecule has 0 unspecified atom stereocenters. The van der Waals surface area contributed by atoms with Gasteiger partial charge < -0.3 is 5.32 Å². The first-order chi connectivity index (χ1) is 6.86. The summed E-state index contributed by atoms with van der Waals surface area (Å²) in [5, 5.41) is 3.72. The number of nitrogens with one attached hydrogen (secondary N) is 1. The van der Waals surface area contributed by atoms with Crippen molar-refractivity contribution in [2.24, 2.45) is 16.7 Å². The Labute approximate surface area is 103 Å². The van der Waals surface area contributed by atoms with Crippen molar-refractivity contribution in [3.8, 4) is 0 Å². The quantitative estimate of drug-likeness (QED) is 0.730. The topological polar surface area (TPSA) is 12.0 Å². The molecule has 0 aliphatic rings. The number of hydrogen-bond acceptors (Lipinski definition) is 1. The first kappa shape index (κ1) is 16.0. The highest BCUT2D eigenvalue weighted by Gasteiger charge is 2.49. The number of hydrogen-bond donors (Lipinski definition) is 1. The van der Waals surface area contributed by atoms with Gasteiger partial charge in [0.25, 0.3) is 0 Å². The second kappa shape index (κ2) is 4.68. The van der Waals surface area contributed by atoms with E-state index in [0.29, 0.717) is 17.4 Å². The SMILES string of the molecule is CC(C)NC(C)(C)C(C)(C)C(C)(C)C(C)C. The molecule has 0 amide bonds. The maximum atomic E-state index is 3.72. The van der Waals surface area contributed by atoms with Crippen LogP contribution in [-0.2, 0) is 0 Å². The minimum atomic E-state index is 0.134. The van der Waals surface area contributed by atoms with Crippen LogP contribution in [0.25, 0.3) is 0 Å². The Hall–Kier alpha value is -0.0400. The smallest absolute Gasteiger partial charge is 0.0183 e. The highest BCUT2D eigenvalue weighted by Crippen LogP contribution is 2.50. The van der Waals surface area contributed by atoms with Gasteiger partial charge in [0.15, 0.2) is 0 Å². The van der Waals surface area contributed by atoms with Gasteiger partial charge in [-0.15, -0.1) is 0 Å². The Kier molecular flexibility index (Phi) is 4.67. The van der Waals surface area contributed by atoms with Crippen LogP contribution in [0.1, 0.15) is 69.2 Å². The van der Waals surface area contributed by atoms with Crippen molar-refractivity contribution in [2.75, 3.05) is 0 Å². The van der Waals surface area contributed by atoms with E-state index in [-0.39, 0.29) is 11.0 Å². The van der Waals surface area contributed by atoms with Gasteiger partial charge in [-0.05, 0) is 30.6 Å². The summed E-state index contributed by atoms with van der Waals surface area (Å²) < 4.78 is 0. The van der Waals surface area contributed by atoms with Gasteiger partial charge in [-0.1, -0.05) is 55.4 Å².